The van der Waals surface area contributed by atoms with Gasteiger partial charge in [0.15, 0.2) is 0 Å². The molecule has 11 rings (SSSR count). The fourth-order valence-corrected chi connectivity index (χ4v) is 9.20. The Hall–Kier alpha value is -7.42. The summed E-state index contributed by atoms with van der Waals surface area (Å²) in [7, 11) is 0. The predicted molar refractivity (Wildman–Crippen MR) is 237 cm³/mol. The van der Waals surface area contributed by atoms with E-state index in [1.54, 1.807) is 0 Å². The average Bonchev–Trinajstić information content (AvgIpc) is 3.81. The average molecular weight is 728 g/mol. The van der Waals surface area contributed by atoms with Crippen molar-refractivity contribution >= 4 is 39.0 Å². The molecule has 1 aromatic heterocycles. The molecule has 0 unspecified atom stereocenters. The quantitative estimate of drug-likeness (QED) is 0.163. The van der Waals surface area contributed by atoms with Crippen LogP contribution in [-0.2, 0) is 5.41 Å². The third kappa shape index (κ3) is 5.33. The number of rotatable bonds is 7. The van der Waals surface area contributed by atoms with Crippen LogP contribution in [0.25, 0.3) is 55.3 Å². The lowest BCUT2D eigenvalue weighted by Gasteiger charge is -2.34. The maximum atomic E-state index is 6.93. The van der Waals surface area contributed by atoms with Crippen LogP contribution in [0.5, 0.6) is 0 Å². The van der Waals surface area contributed by atoms with Gasteiger partial charge in [-0.3, -0.25) is 0 Å². The standard InChI is InChI=1S/C55H37NO/c1-4-16-38(17-5-1)40-20-14-22-42(34-40)55(51-28-12-10-26-47(51)48-27-11-13-29-52(48)55)43-30-32-49-50-33-31-46(37-54(50)57-53(49)36-43)56(44-23-8-3-9-24-44)45-25-15-21-41(35-45)39-18-6-2-7-19-39/h1-37H. The molecule has 1 aliphatic carbocycles. The van der Waals surface area contributed by atoms with E-state index in [-0.39, 0.29) is 0 Å². The van der Waals surface area contributed by atoms with E-state index in [0.717, 1.165) is 39.0 Å². The first kappa shape index (κ1) is 33.0. The first-order valence-electron chi connectivity index (χ1n) is 19.6. The number of furan rings is 1. The van der Waals surface area contributed by atoms with Crippen molar-refractivity contribution in [2.45, 2.75) is 5.41 Å². The van der Waals surface area contributed by atoms with Gasteiger partial charge in [0, 0.05) is 33.9 Å². The summed E-state index contributed by atoms with van der Waals surface area (Å²) in [5, 5.41) is 2.20. The molecule has 0 amide bonds. The molecule has 0 saturated heterocycles. The zero-order chi connectivity index (χ0) is 37.8. The summed E-state index contributed by atoms with van der Waals surface area (Å²) >= 11 is 0. The monoisotopic (exact) mass is 727 g/mol. The van der Waals surface area contributed by atoms with Gasteiger partial charge in [-0.15, -0.1) is 0 Å². The summed E-state index contributed by atoms with van der Waals surface area (Å²) in [6.45, 7) is 0. The van der Waals surface area contributed by atoms with Gasteiger partial charge in [0.2, 0.25) is 0 Å². The number of nitrogens with zero attached hydrogens (tertiary/aromatic N) is 1. The Balaban J connectivity index is 1.09. The molecule has 9 aromatic carbocycles. The summed E-state index contributed by atoms with van der Waals surface area (Å²) < 4.78 is 6.93. The highest BCUT2D eigenvalue weighted by Gasteiger charge is 2.46. The number of hydrogen-bond donors (Lipinski definition) is 0. The van der Waals surface area contributed by atoms with Crippen LogP contribution in [0.2, 0.25) is 0 Å². The van der Waals surface area contributed by atoms with E-state index in [2.05, 4.69) is 229 Å². The third-order valence-corrected chi connectivity index (χ3v) is 11.7. The van der Waals surface area contributed by atoms with E-state index in [0.29, 0.717) is 0 Å². The molecule has 0 saturated carbocycles. The van der Waals surface area contributed by atoms with E-state index in [1.807, 2.05) is 0 Å². The molecule has 57 heavy (non-hydrogen) atoms. The van der Waals surface area contributed by atoms with Crippen LogP contribution in [-0.4, -0.2) is 0 Å². The van der Waals surface area contributed by atoms with Gasteiger partial charge in [0.1, 0.15) is 11.2 Å². The Morgan fingerprint density at radius 1 is 0.316 bits per heavy atom. The van der Waals surface area contributed by atoms with Gasteiger partial charge < -0.3 is 9.32 Å². The van der Waals surface area contributed by atoms with Crippen molar-refractivity contribution in [3.05, 3.63) is 247 Å². The molecule has 0 bridgehead atoms. The van der Waals surface area contributed by atoms with Gasteiger partial charge in [-0.1, -0.05) is 170 Å². The molecule has 0 N–H and O–H groups in total. The third-order valence-electron chi connectivity index (χ3n) is 11.7. The SMILES string of the molecule is c1ccc(-c2cccc(N(c3ccccc3)c3ccc4c(c3)oc3cc(C5(c6cccc(-c7ccccc7)c6)c6ccccc6-c6ccccc65)ccc34)c2)cc1. The molecule has 2 heteroatoms. The van der Waals surface area contributed by atoms with E-state index in [4.69, 9.17) is 4.42 Å². The Labute approximate surface area is 332 Å². The van der Waals surface area contributed by atoms with Gasteiger partial charge >= 0.3 is 0 Å². The van der Waals surface area contributed by atoms with Crippen LogP contribution in [0.3, 0.4) is 0 Å². The minimum Gasteiger partial charge on any atom is -0.456 e. The summed E-state index contributed by atoms with van der Waals surface area (Å²) in [6.07, 6.45) is 0. The molecule has 268 valence electrons. The Morgan fingerprint density at radius 3 is 1.46 bits per heavy atom. The van der Waals surface area contributed by atoms with E-state index in [9.17, 15) is 0 Å². The lowest BCUT2D eigenvalue weighted by molar-refractivity contribution is 0.665. The van der Waals surface area contributed by atoms with Crippen molar-refractivity contribution < 1.29 is 4.42 Å². The van der Waals surface area contributed by atoms with Gasteiger partial charge in [-0.25, -0.2) is 0 Å². The van der Waals surface area contributed by atoms with E-state index >= 15 is 0 Å². The summed E-state index contributed by atoms with van der Waals surface area (Å²) in [6, 6.07) is 81.0. The second-order valence-electron chi connectivity index (χ2n) is 14.9. The number of para-hydroxylation sites is 1. The maximum absolute atomic E-state index is 6.93. The van der Waals surface area contributed by atoms with E-state index in [1.165, 1.54) is 55.6 Å². The molecular formula is C55H37NO. The number of anilines is 3. The second kappa shape index (κ2) is 13.4. The topological polar surface area (TPSA) is 16.4 Å². The minimum atomic E-state index is -0.551. The molecule has 0 radical (unpaired) electrons. The number of benzene rings is 9. The molecular weight excluding hydrogens is 691 g/mol. The minimum absolute atomic E-state index is 0.551. The first-order valence-corrected chi connectivity index (χ1v) is 19.6. The normalized spacial score (nSPS) is 12.7. The van der Waals surface area contributed by atoms with Crippen LogP contribution in [0.4, 0.5) is 17.1 Å². The summed E-state index contributed by atoms with van der Waals surface area (Å²) in [5.41, 5.74) is 16.6. The molecule has 2 nitrogen and oxygen atoms in total. The molecule has 0 aliphatic heterocycles. The molecule has 10 aromatic rings. The zero-order valence-corrected chi connectivity index (χ0v) is 31.2. The number of fused-ring (bicyclic) bond motifs is 6. The molecule has 0 atom stereocenters. The smallest absolute Gasteiger partial charge is 0.137 e. The van der Waals surface area contributed by atoms with Gasteiger partial charge in [0.05, 0.1) is 5.41 Å². The van der Waals surface area contributed by atoms with Crippen LogP contribution >= 0.6 is 0 Å². The van der Waals surface area contributed by atoms with Crippen LogP contribution in [0, 0.1) is 0 Å². The van der Waals surface area contributed by atoms with Crippen molar-refractivity contribution in [3.8, 4) is 33.4 Å². The van der Waals surface area contributed by atoms with Gasteiger partial charge in [-0.2, -0.15) is 0 Å². The van der Waals surface area contributed by atoms with Crippen LogP contribution in [0.1, 0.15) is 22.3 Å². The van der Waals surface area contributed by atoms with Crippen LogP contribution in [0.15, 0.2) is 229 Å². The second-order valence-corrected chi connectivity index (χ2v) is 14.9. The van der Waals surface area contributed by atoms with Crippen molar-refractivity contribution in [1.29, 1.82) is 0 Å². The van der Waals surface area contributed by atoms with Crippen molar-refractivity contribution in [1.82, 2.24) is 0 Å². The predicted octanol–water partition coefficient (Wildman–Crippen LogP) is 14.8. The zero-order valence-electron chi connectivity index (χ0n) is 31.2. The highest BCUT2D eigenvalue weighted by molar-refractivity contribution is 6.06. The highest BCUT2D eigenvalue weighted by Crippen LogP contribution is 2.57. The largest absolute Gasteiger partial charge is 0.456 e. The first-order chi connectivity index (χ1) is 28.3. The fourth-order valence-electron chi connectivity index (χ4n) is 9.20. The van der Waals surface area contributed by atoms with Crippen LogP contribution < -0.4 is 4.90 Å². The molecule has 1 heterocycles. The van der Waals surface area contributed by atoms with E-state index < -0.39 is 5.41 Å². The summed E-state index contributed by atoms with van der Waals surface area (Å²) in [4.78, 5) is 2.31. The number of hydrogen-bond acceptors (Lipinski definition) is 2. The van der Waals surface area contributed by atoms with Crippen molar-refractivity contribution in [2.75, 3.05) is 4.90 Å². The molecule has 0 fully saturated rings. The lowest BCUT2D eigenvalue weighted by atomic mass is 9.67. The fraction of sp³-hybridized carbons (Fsp3) is 0.0182. The Kier molecular flexibility index (Phi) is 7.75. The Bertz CT molecular complexity index is 3030. The summed E-state index contributed by atoms with van der Waals surface area (Å²) in [5.74, 6) is 0. The molecule has 0 spiro atoms. The van der Waals surface area contributed by atoms with Crippen molar-refractivity contribution in [3.63, 3.8) is 0 Å². The lowest BCUT2D eigenvalue weighted by Crippen LogP contribution is -2.28. The highest BCUT2D eigenvalue weighted by atomic mass is 16.3. The van der Waals surface area contributed by atoms with Gasteiger partial charge in [-0.05, 0) is 104 Å². The van der Waals surface area contributed by atoms with Gasteiger partial charge in [0.25, 0.3) is 0 Å². The van der Waals surface area contributed by atoms with Crippen molar-refractivity contribution in [2.24, 2.45) is 0 Å². The maximum Gasteiger partial charge on any atom is 0.137 e. The molecule has 1 aliphatic rings. The Morgan fingerprint density at radius 2 is 0.789 bits per heavy atom.